The van der Waals surface area contributed by atoms with Gasteiger partial charge in [0.1, 0.15) is 5.75 Å². The summed E-state index contributed by atoms with van der Waals surface area (Å²) in [6.07, 6.45) is 1.54. The third-order valence-electron chi connectivity index (χ3n) is 2.19. The van der Waals surface area contributed by atoms with Gasteiger partial charge in [0.15, 0.2) is 0 Å². The first-order valence-corrected chi connectivity index (χ1v) is 6.18. The fourth-order valence-electron chi connectivity index (χ4n) is 1.36. The van der Waals surface area contributed by atoms with Gasteiger partial charge in [-0.2, -0.15) is 0 Å². The average molecular weight is 356 g/mol. The molecule has 0 unspecified atom stereocenters. The van der Waals surface area contributed by atoms with Crippen LogP contribution in [0.5, 0.6) is 11.6 Å². The van der Waals surface area contributed by atoms with E-state index in [1.54, 1.807) is 19.1 Å². The number of rotatable bonds is 3. The van der Waals surface area contributed by atoms with E-state index in [4.69, 9.17) is 4.74 Å². The normalized spacial score (nSPS) is 10.1. The molecule has 2 rings (SSSR count). The highest BCUT2D eigenvalue weighted by molar-refractivity contribution is 14.1. The highest BCUT2D eigenvalue weighted by atomic mass is 127. The van der Waals surface area contributed by atoms with Crippen LogP contribution in [0, 0.1) is 20.6 Å². The van der Waals surface area contributed by atoms with Gasteiger partial charge in [0, 0.05) is 15.8 Å². The Morgan fingerprint density at radius 2 is 2.00 bits per heavy atom. The van der Waals surface area contributed by atoms with Crippen LogP contribution in [0.15, 0.2) is 36.5 Å². The Hall–Kier alpha value is -1.70. The molecule has 2 aromatic rings. The summed E-state index contributed by atoms with van der Waals surface area (Å²) in [6.45, 7) is 1.74. The molecule has 1 heterocycles. The van der Waals surface area contributed by atoms with Crippen LogP contribution in [0.3, 0.4) is 0 Å². The zero-order chi connectivity index (χ0) is 13.1. The molecule has 0 N–H and O–H groups in total. The van der Waals surface area contributed by atoms with Crippen LogP contribution in [0.2, 0.25) is 0 Å². The summed E-state index contributed by atoms with van der Waals surface area (Å²) in [4.78, 5) is 14.4. The van der Waals surface area contributed by atoms with Gasteiger partial charge in [0.05, 0.1) is 4.92 Å². The minimum atomic E-state index is -0.498. The van der Waals surface area contributed by atoms with Gasteiger partial charge in [-0.1, -0.05) is 0 Å². The van der Waals surface area contributed by atoms with E-state index in [0.29, 0.717) is 5.75 Å². The maximum atomic E-state index is 10.9. The van der Waals surface area contributed by atoms with E-state index in [-0.39, 0.29) is 11.6 Å². The average Bonchev–Trinajstić information content (AvgIpc) is 2.34. The van der Waals surface area contributed by atoms with E-state index in [1.165, 1.54) is 12.3 Å². The van der Waals surface area contributed by atoms with Crippen LogP contribution in [0.4, 0.5) is 5.69 Å². The number of pyridine rings is 1. The molecule has 0 saturated carbocycles. The quantitative estimate of drug-likeness (QED) is 0.478. The minimum Gasteiger partial charge on any atom is -0.434 e. The van der Waals surface area contributed by atoms with E-state index in [2.05, 4.69) is 27.6 Å². The third-order valence-corrected chi connectivity index (χ3v) is 2.91. The Kier molecular flexibility index (Phi) is 3.75. The summed E-state index contributed by atoms with van der Waals surface area (Å²) >= 11 is 2.17. The maximum Gasteiger partial charge on any atom is 0.331 e. The number of ether oxygens (including phenoxy) is 1. The van der Waals surface area contributed by atoms with Gasteiger partial charge in [-0.05, 0) is 59.3 Å². The van der Waals surface area contributed by atoms with Crippen LogP contribution in [0.25, 0.3) is 0 Å². The summed E-state index contributed by atoms with van der Waals surface area (Å²) in [5, 5.41) is 10.9. The SMILES string of the molecule is Cc1cnc(Oc2ccc(I)cc2)c([N+](=O)[O-])c1. The topological polar surface area (TPSA) is 65.3 Å². The standard InChI is InChI=1S/C12H9IN2O3/c1-8-6-11(15(16)17)12(14-7-8)18-10-4-2-9(13)3-5-10/h2-7H,1H3. The molecular weight excluding hydrogens is 347 g/mol. The van der Waals surface area contributed by atoms with Crippen molar-refractivity contribution in [2.75, 3.05) is 0 Å². The third kappa shape index (κ3) is 2.95. The molecule has 0 aliphatic heterocycles. The van der Waals surface area contributed by atoms with Crippen molar-refractivity contribution in [1.29, 1.82) is 0 Å². The largest absolute Gasteiger partial charge is 0.434 e. The number of hydrogen-bond acceptors (Lipinski definition) is 4. The molecule has 0 atom stereocenters. The molecule has 1 aromatic carbocycles. The molecule has 0 spiro atoms. The summed E-state index contributed by atoms with van der Waals surface area (Å²) in [7, 11) is 0. The second kappa shape index (κ2) is 5.30. The molecule has 0 radical (unpaired) electrons. The summed E-state index contributed by atoms with van der Waals surface area (Å²) in [6, 6.07) is 8.64. The van der Waals surface area contributed by atoms with Gasteiger partial charge in [0.2, 0.25) is 0 Å². The number of aromatic nitrogens is 1. The molecule has 92 valence electrons. The van der Waals surface area contributed by atoms with Gasteiger partial charge in [-0.25, -0.2) is 4.98 Å². The Balaban J connectivity index is 2.34. The Labute approximate surface area is 117 Å². The molecule has 0 aliphatic carbocycles. The zero-order valence-corrected chi connectivity index (χ0v) is 11.6. The molecule has 18 heavy (non-hydrogen) atoms. The van der Waals surface area contributed by atoms with Gasteiger partial charge in [-0.3, -0.25) is 10.1 Å². The Bertz CT molecular complexity index is 584. The maximum absolute atomic E-state index is 10.9. The fraction of sp³-hybridized carbons (Fsp3) is 0.0833. The smallest absolute Gasteiger partial charge is 0.331 e. The highest BCUT2D eigenvalue weighted by Gasteiger charge is 2.17. The minimum absolute atomic E-state index is 0.00630. The van der Waals surface area contributed by atoms with E-state index < -0.39 is 4.92 Å². The molecule has 5 nitrogen and oxygen atoms in total. The highest BCUT2D eigenvalue weighted by Crippen LogP contribution is 2.29. The Morgan fingerprint density at radius 1 is 1.33 bits per heavy atom. The van der Waals surface area contributed by atoms with E-state index in [9.17, 15) is 10.1 Å². The second-order valence-corrected chi connectivity index (χ2v) is 4.90. The van der Waals surface area contributed by atoms with Gasteiger partial charge in [-0.15, -0.1) is 0 Å². The lowest BCUT2D eigenvalue weighted by Gasteiger charge is -2.05. The van der Waals surface area contributed by atoms with Crippen LogP contribution < -0.4 is 4.74 Å². The molecule has 0 fully saturated rings. The lowest BCUT2D eigenvalue weighted by atomic mass is 10.3. The molecule has 0 saturated heterocycles. The van der Waals surface area contributed by atoms with Crippen molar-refractivity contribution in [2.45, 2.75) is 6.92 Å². The first-order chi connectivity index (χ1) is 8.56. The molecule has 1 aromatic heterocycles. The van der Waals surface area contributed by atoms with Crippen molar-refractivity contribution < 1.29 is 9.66 Å². The number of benzene rings is 1. The summed E-state index contributed by atoms with van der Waals surface area (Å²) in [5.41, 5.74) is 0.588. The lowest BCUT2D eigenvalue weighted by molar-refractivity contribution is -0.386. The number of halogens is 1. The second-order valence-electron chi connectivity index (χ2n) is 3.65. The molecule has 0 amide bonds. The van der Waals surface area contributed by atoms with Crippen molar-refractivity contribution in [3.63, 3.8) is 0 Å². The first kappa shape index (κ1) is 12.7. The van der Waals surface area contributed by atoms with Crippen molar-refractivity contribution in [2.24, 2.45) is 0 Å². The van der Waals surface area contributed by atoms with Gasteiger partial charge < -0.3 is 4.74 Å². The summed E-state index contributed by atoms with van der Waals surface area (Å²) in [5.74, 6) is 0.529. The van der Waals surface area contributed by atoms with E-state index in [1.807, 2.05) is 12.1 Å². The molecule has 6 heteroatoms. The predicted octanol–water partition coefficient (Wildman–Crippen LogP) is 3.70. The van der Waals surface area contributed by atoms with Gasteiger partial charge >= 0.3 is 5.69 Å². The van der Waals surface area contributed by atoms with Crippen molar-refractivity contribution in [3.8, 4) is 11.6 Å². The molecular formula is C12H9IN2O3. The number of hydrogen-bond donors (Lipinski definition) is 0. The first-order valence-electron chi connectivity index (χ1n) is 5.11. The fourth-order valence-corrected chi connectivity index (χ4v) is 1.72. The van der Waals surface area contributed by atoms with Crippen LogP contribution in [0.1, 0.15) is 5.56 Å². The van der Waals surface area contributed by atoms with Crippen LogP contribution in [-0.4, -0.2) is 9.91 Å². The number of nitrogens with zero attached hydrogens (tertiary/aromatic N) is 2. The van der Waals surface area contributed by atoms with Gasteiger partial charge in [0.25, 0.3) is 5.88 Å². The number of nitro groups is 1. The molecule has 0 aliphatic rings. The van der Waals surface area contributed by atoms with Crippen molar-refractivity contribution >= 4 is 28.3 Å². The van der Waals surface area contributed by atoms with E-state index >= 15 is 0 Å². The summed E-state index contributed by atoms with van der Waals surface area (Å²) < 4.78 is 6.49. The predicted molar refractivity (Wildman–Crippen MR) is 74.9 cm³/mol. The number of aryl methyl sites for hydroxylation is 1. The Morgan fingerprint density at radius 3 is 2.61 bits per heavy atom. The van der Waals surface area contributed by atoms with E-state index in [0.717, 1.165) is 9.13 Å². The van der Waals surface area contributed by atoms with Crippen LogP contribution in [-0.2, 0) is 0 Å². The zero-order valence-electron chi connectivity index (χ0n) is 9.46. The van der Waals surface area contributed by atoms with Crippen molar-refractivity contribution in [1.82, 2.24) is 4.98 Å². The van der Waals surface area contributed by atoms with Crippen LogP contribution >= 0.6 is 22.6 Å². The molecule has 0 bridgehead atoms. The monoisotopic (exact) mass is 356 g/mol. The van der Waals surface area contributed by atoms with Crippen molar-refractivity contribution in [3.05, 3.63) is 55.8 Å². The lowest BCUT2D eigenvalue weighted by Crippen LogP contribution is -1.96.